The number of nitrogens with one attached hydrogen (secondary N) is 1. The Balaban J connectivity index is 2.20. The molecule has 0 aliphatic carbocycles. The predicted octanol–water partition coefficient (Wildman–Crippen LogP) is 2.31. The number of hydrogen-bond donors (Lipinski definition) is 2. The number of hydrogen-bond acceptors (Lipinski definition) is 5. The van der Waals surface area contributed by atoms with E-state index in [0.29, 0.717) is 5.13 Å². The molecule has 5 nitrogen and oxygen atoms in total. The quantitative estimate of drug-likeness (QED) is 0.892. The number of aromatic nitrogens is 1. The number of carbonyl (C=O) groups excluding carboxylic acids is 1. The predicted molar refractivity (Wildman–Crippen MR) is 71.6 cm³/mol. The Labute approximate surface area is 109 Å². The van der Waals surface area contributed by atoms with Crippen LogP contribution in [0.2, 0.25) is 0 Å². The lowest BCUT2D eigenvalue weighted by atomic mass is 10.2. The van der Waals surface area contributed by atoms with Crippen LogP contribution in [0.15, 0.2) is 15.9 Å². The minimum absolute atomic E-state index is 0.240. The zero-order valence-electron chi connectivity index (χ0n) is 10.5. The van der Waals surface area contributed by atoms with Gasteiger partial charge in [-0.3, -0.25) is 4.79 Å². The van der Waals surface area contributed by atoms with E-state index in [0.717, 1.165) is 22.8 Å². The Morgan fingerprint density at radius 1 is 1.56 bits per heavy atom. The van der Waals surface area contributed by atoms with Gasteiger partial charge >= 0.3 is 0 Å². The summed E-state index contributed by atoms with van der Waals surface area (Å²) in [6.07, 6.45) is 0. The average molecular weight is 265 g/mol. The molecule has 0 aliphatic rings. The number of nitrogens with two attached hydrogens (primary N) is 1. The molecule has 96 valence electrons. The van der Waals surface area contributed by atoms with Crippen molar-refractivity contribution >= 4 is 22.4 Å². The molecule has 0 aliphatic heterocycles. The molecular formula is C12H15N3O2S. The molecule has 2 aromatic heterocycles. The minimum atomic E-state index is -0.546. The summed E-state index contributed by atoms with van der Waals surface area (Å²) in [5, 5.41) is 5.10. The second-order valence-corrected chi connectivity index (χ2v) is 5.00. The number of amides is 1. The Morgan fingerprint density at radius 2 is 2.28 bits per heavy atom. The fraction of sp³-hybridized carbons (Fsp3) is 0.333. The molecule has 1 atom stereocenters. The number of furan rings is 1. The van der Waals surface area contributed by atoms with Gasteiger partial charge in [-0.1, -0.05) is 0 Å². The number of nitrogens with zero attached hydrogens (tertiary/aromatic N) is 1. The van der Waals surface area contributed by atoms with E-state index < -0.39 is 6.04 Å². The Morgan fingerprint density at radius 3 is 2.83 bits per heavy atom. The molecule has 0 fully saturated rings. The standard InChI is InChI=1S/C12H15N3O2S/c1-6-4-9(8(3)17-6)10-5-18-12(14-10)15-11(16)7(2)13/h4-5,7H,13H2,1-3H3,(H,14,15,16)/t7-/m0/s1. The van der Waals surface area contributed by atoms with Crippen molar-refractivity contribution in [2.75, 3.05) is 5.32 Å². The molecule has 2 heterocycles. The van der Waals surface area contributed by atoms with Gasteiger partial charge in [-0.25, -0.2) is 4.98 Å². The lowest BCUT2D eigenvalue weighted by Gasteiger charge is -2.03. The highest BCUT2D eigenvalue weighted by molar-refractivity contribution is 7.14. The van der Waals surface area contributed by atoms with E-state index >= 15 is 0 Å². The van der Waals surface area contributed by atoms with Crippen molar-refractivity contribution in [3.63, 3.8) is 0 Å². The van der Waals surface area contributed by atoms with Crippen molar-refractivity contribution in [2.24, 2.45) is 5.73 Å². The second kappa shape index (κ2) is 4.91. The van der Waals surface area contributed by atoms with Gasteiger partial charge in [0.25, 0.3) is 0 Å². The van der Waals surface area contributed by atoms with E-state index in [1.54, 1.807) is 6.92 Å². The van der Waals surface area contributed by atoms with Gasteiger partial charge in [0.05, 0.1) is 11.7 Å². The fourth-order valence-electron chi connectivity index (χ4n) is 1.56. The third-order valence-electron chi connectivity index (χ3n) is 2.46. The van der Waals surface area contributed by atoms with Crippen molar-refractivity contribution in [1.29, 1.82) is 0 Å². The molecule has 0 saturated heterocycles. The van der Waals surface area contributed by atoms with Crippen molar-refractivity contribution in [1.82, 2.24) is 4.98 Å². The second-order valence-electron chi connectivity index (χ2n) is 4.14. The summed E-state index contributed by atoms with van der Waals surface area (Å²) in [5.41, 5.74) is 7.23. The van der Waals surface area contributed by atoms with Gasteiger partial charge in [0, 0.05) is 10.9 Å². The molecule has 0 bridgehead atoms. The largest absolute Gasteiger partial charge is 0.466 e. The molecular weight excluding hydrogens is 250 g/mol. The first kappa shape index (κ1) is 12.8. The van der Waals surface area contributed by atoms with Crippen LogP contribution in [0.3, 0.4) is 0 Å². The molecule has 6 heteroatoms. The highest BCUT2D eigenvalue weighted by Crippen LogP contribution is 2.29. The Bertz CT molecular complexity index is 572. The van der Waals surface area contributed by atoms with Crippen LogP contribution in [0.25, 0.3) is 11.3 Å². The van der Waals surface area contributed by atoms with Gasteiger partial charge < -0.3 is 15.5 Å². The minimum Gasteiger partial charge on any atom is -0.466 e. The zero-order valence-corrected chi connectivity index (χ0v) is 11.3. The normalized spacial score (nSPS) is 12.4. The maximum Gasteiger partial charge on any atom is 0.242 e. The van der Waals surface area contributed by atoms with Gasteiger partial charge in [-0.05, 0) is 26.8 Å². The van der Waals surface area contributed by atoms with E-state index in [1.165, 1.54) is 11.3 Å². The third kappa shape index (κ3) is 2.60. The number of anilines is 1. The van der Waals surface area contributed by atoms with E-state index in [9.17, 15) is 4.79 Å². The smallest absolute Gasteiger partial charge is 0.242 e. The zero-order chi connectivity index (χ0) is 13.3. The lowest BCUT2D eigenvalue weighted by molar-refractivity contribution is -0.117. The third-order valence-corrected chi connectivity index (χ3v) is 3.22. The number of rotatable bonds is 3. The Kier molecular flexibility index (Phi) is 3.49. The average Bonchev–Trinajstić information content (AvgIpc) is 2.85. The van der Waals surface area contributed by atoms with Crippen LogP contribution in [0.1, 0.15) is 18.4 Å². The van der Waals surface area contributed by atoms with E-state index in [4.69, 9.17) is 10.2 Å². The van der Waals surface area contributed by atoms with Crippen molar-refractivity contribution in [3.8, 4) is 11.3 Å². The van der Waals surface area contributed by atoms with Crippen molar-refractivity contribution in [2.45, 2.75) is 26.8 Å². The van der Waals surface area contributed by atoms with Gasteiger partial charge in [0.15, 0.2) is 5.13 Å². The van der Waals surface area contributed by atoms with Crippen LogP contribution in [-0.4, -0.2) is 16.9 Å². The van der Waals surface area contributed by atoms with Crippen LogP contribution in [0, 0.1) is 13.8 Å². The van der Waals surface area contributed by atoms with Crippen LogP contribution >= 0.6 is 11.3 Å². The van der Waals surface area contributed by atoms with E-state index in [-0.39, 0.29) is 5.91 Å². The molecule has 0 radical (unpaired) electrons. The molecule has 0 unspecified atom stereocenters. The maximum absolute atomic E-state index is 11.4. The number of aryl methyl sites for hydroxylation is 2. The van der Waals surface area contributed by atoms with Crippen molar-refractivity contribution in [3.05, 3.63) is 23.0 Å². The topological polar surface area (TPSA) is 81.2 Å². The highest BCUT2D eigenvalue weighted by Gasteiger charge is 2.13. The van der Waals surface area contributed by atoms with Gasteiger partial charge in [-0.2, -0.15) is 0 Å². The first-order valence-corrected chi connectivity index (χ1v) is 6.44. The molecule has 0 spiro atoms. The van der Waals surface area contributed by atoms with Gasteiger partial charge in [0.1, 0.15) is 11.5 Å². The molecule has 2 rings (SSSR count). The highest BCUT2D eigenvalue weighted by atomic mass is 32.1. The monoisotopic (exact) mass is 265 g/mol. The van der Waals surface area contributed by atoms with Crippen molar-refractivity contribution < 1.29 is 9.21 Å². The summed E-state index contributed by atoms with van der Waals surface area (Å²) >= 11 is 1.37. The molecule has 2 aromatic rings. The van der Waals surface area contributed by atoms with Crippen LogP contribution < -0.4 is 11.1 Å². The van der Waals surface area contributed by atoms with E-state index in [2.05, 4.69) is 10.3 Å². The summed E-state index contributed by atoms with van der Waals surface area (Å²) in [6, 6.07) is 1.39. The maximum atomic E-state index is 11.4. The fourth-order valence-corrected chi connectivity index (χ4v) is 2.27. The summed E-state index contributed by atoms with van der Waals surface area (Å²) < 4.78 is 5.45. The SMILES string of the molecule is Cc1cc(-c2csc(NC(=O)[C@H](C)N)n2)c(C)o1. The molecule has 1 amide bonds. The number of carbonyl (C=O) groups is 1. The Hall–Kier alpha value is -1.66. The first-order chi connectivity index (χ1) is 8.47. The summed E-state index contributed by atoms with van der Waals surface area (Å²) in [5.74, 6) is 1.43. The molecule has 3 N–H and O–H groups in total. The lowest BCUT2D eigenvalue weighted by Crippen LogP contribution is -2.32. The number of thiazole rings is 1. The molecule has 18 heavy (non-hydrogen) atoms. The van der Waals surface area contributed by atoms with E-state index in [1.807, 2.05) is 25.3 Å². The summed E-state index contributed by atoms with van der Waals surface area (Å²) in [4.78, 5) is 15.8. The van der Waals surface area contributed by atoms with Gasteiger partial charge in [-0.15, -0.1) is 11.3 Å². The summed E-state index contributed by atoms with van der Waals surface area (Å²) in [7, 11) is 0. The van der Waals surface area contributed by atoms with Crippen LogP contribution in [-0.2, 0) is 4.79 Å². The van der Waals surface area contributed by atoms with Gasteiger partial charge in [0.2, 0.25) is 5.91 Å². The molecule has 0 saturated carbocycles. The van der Waals surface area contributed by atoms with Crippen LogP contribution in [0.4, 0.5) is 5.13 Å². The summed E-state index contributed by atoms with van der Waals surface area (Å²) in [6.45, 7) is 5.41. The van der Waals surface area contributed by atoms with Crippen LogP contribution in [0.5, 0.6) is 0 Å². The first-order valence-electron chi connectivity index (χ1n) is 5.56. The molecule has 0 aromatic carbocycles.